The summed E-state index contributed by atoms with van der Waals surface area (Å²) in [5.41, 5.74) is 0. The number of aromatic nitrogens is 3. The molecule has 2 aromatic rings. The average molecular weight is 327 g/mol. The number of hydrogen-bond donors (Lipinski definition) is 1. The van der Waals surface area contributed by atoms with E-state index in [1.54, 1.807) is 12.4 Å². The van der Waals surface area contributed by atoms with Crippen molar-refractivity contribution in [2.45, 2.75) is 31.5 Å². The largest absolute Gasteiger partial charge is 0.315 e. The molecule has 2 aromatic heterocycles. The van der Waals surface area contributed by atoms with Crippen LogP contribution in [0.1, 0.15) is 15.6 Å². The molecule has 0 unspecified atom stereocenters. The van der Waals surface area contributed by atoms with Gasteiger partial charge in [-0.25, -0.2) is 8.42 Å². The molecule has 3 rings (SSSR count). The summed E-state index contributed by atoms with van der Waals surface area (Å²) in [7, 11) is -1.63. The van der Waals surface area contributed by atoms with Gasteiger partial charge in [-0.15, -0.1) is 21.5 Å². The quantitative estimate of drug-likeness (QED) is 0.888. The first-order valence-corrected chi connectivity index (χ1v) is 8.89. The maximum Gasteiger partial charge on any atom is 0.244 e. The molecule has 21 heavy (non-hydrogen) atoms. The van der Waals surface area contributed by atoms with Gasteiger partial charge in [-0.1, -0.05) is 0 Å². The minimum absolute atomic E-state index is 0.277. The highest BCUT2D eigenvalue weighted by Gasteiger charge is 2.31. The van der Waals surface area contributed by atoms with E-state index in [-0.39, 0.29) is 6.54 Å². The molecule has 0 bridgehead atoms. The van der Waals surface area contributed by atoms with Crippen molar-refractivity contribution < 1.29 is 8.42 Å². The normalized spacial score (nSPS) is 16.1. The summed E-state index contributed by atoms with van der Waals surface area (Å²) < 4.78 is 29.0. The molecule has 114 valence electrons. The first kappa shape index (κ1) is 14.6. The van der Waals surface area contributed by atoms with Gasteiger partial charge in [-0.2, -0.15) is 4.31 Å². The van der Waals surface area contributed by atoms with Crippen molar-refractivity contribution in [3.05, 3.63) is 28.0 Å². The van der Waals surface area contributed by atoms with Crippen LogP contribution < -0.4 is 5.32 Å². The molecule has 0 fully saturated rings. The lowest BCUT2D eigenvalue weighted by atomic mass is 10.4. The van der Waals surface area contributed by atoms with Crippen molar-refractivity contribution in [2.75, 3.05) is 13.6 Å². The second-order valence-corrected chi connectivity index (χ2v) is 8.19. The van der Waals surface area contributed by atoms with Crippen molar-refractivity contribution in [3.8, 4) is 0 Å². The van der Waals surface area contributed by atoms with Crippen LogP contribution in [-0.2, 0) is 29.7 Å². The van der Waals surface area contributed by atoms with Gasteiger partial charge in [0.05, 0.1) is 11.4 Å². The molecular formula is C12H17N5O2S2. The zero-order valence-electron chi connectivity index (χ0n) is 11.9. The number of hydrogen-bond acceptors (Lipinski definition) is 6. The van der Waals surface area contributed by atoms with Crippen LogP contribution in [0.25, 0.3) is 0 Å². The third kappa shape index (κ3) is 2.61. The Morgan fingerprint density at radius 3 is 3.00 bits per heavy atom. The van der Waals surface area contributed by atoms with Crippen molar-refractivity contribution in [3.63, 3.8) is 0 Å². The van der Waals surface area contributed by atoms with Crippen LogP contribution in [0.2, 0.25) is 0 Å². The van der Waals surface area contributed by atoms with Crippen LogP contribution in [0.3, 0.4) is 0 Å². The summed E-state index contributed by atoms with van der Waals surface area (Å²) >= 11 is 1.52. The predicted octanol–water partition coefficient (Wildman–Crippen LogP) is 0.572. The number of fused-ring (bicyclic) bond motifs is 1. The summed E-state index contributed by atoms with van der Waals surface area (Å²) in [6, 6.07) is 1.77. The Bertz CT molecular complexity index is 750. The van der Waals surface area contributed by atoms with Gasteiger partial charge in [-0.05, 0) is 20.0 Å². The van der Waals surface area contributed by atoms with Gasteiger partial charge in [0.15, 0.2) is 0 Å². The molecule has 0 spiro atoms. The van der Waals surface area contributed by atoms with Crippen LogP contribution in [0.5, 0.6) is 0 Å². The van der Waals surface area contributed by atoms with Crippen molar-refractivity contribution in [1.82, 2.24) is 24.4 Å². The number of thiophene rings is 1. The van der Waals surface area contributed by atoms with E-state index in [1.165, 1.54) is 15.6 Å². The van der Waals surface area contributed by atoms with Gasteiger partial charge in [-0.3, -0.25) is 0 Å². The zero-order valence-corrected chi connectivity index (χ0v) is 13.5. The Morgan fingerprint density at radius 2 is 2.24 bits per heavy atom. The summed E-state index contributed by atoms with van der Waals surface area (Å²) in [6.07, 6.45) is 1.64. The number of nitrogens with one attached hydrogen (secondary N) is 1. The monoisotopic (exact) mass is 327 g/mol. The van der Waals surface area contributed by atoms with E-state index in [1.807, 2.05) is 18.5 Å². The van der Waals surface area contributed by atoms with E-state index >= 15 is 0 Å². The fraction of sp³-hybridized carbons (Fsp3) is 0.500. The summed E-state index contributed by atoms with van der Waals surface area (Å²) in [5, 5.41) is 10.8. The first-order chi connectivity index (χ1) is 10.0. The lowest BCUT2D eigenvalue weighted by Crippen LogP contribution is -2.38. The van der Waals surface area contributed by atoms with E-state index in [4.69, 9.17) is 0 Å². The number of aryl methyl sites for hydroxylation is 1. The van der Waals surface area contributed by atoms with E-state index in [2.05, 4.69) is 15.5 Å². The highest BCUT2D eigenvalue weighted by atomic mass is 32.2. The zero-order chi connectivity index (χ0) is 15.0. The van der Waals surface area contributed by atoms with E-state index < -0.39 is 10.0 Å². The molecule has 0 aliphatic carbocycles. The molecule has 0 amide bonds. The van der Waals surface area contributed by atoms with Gasteiger partial charge < -0.3 is 9.88 Å². The van der Waals surface area contributed by atoms with Gasteiger partial charge in [0.1, 0.15) is 12.2 Å². The maximum absolute atomic E-state index is 12.8. The smallest absolute Gasteiger partial charge is 0.244 e. The molecule has 1 aliphatic rings. The lowest BCUT2D eigenvalue weighted by Gasteiger charge is -2.26. The first-order valence-electron chi connectivity index (χ1n) is 6.63. The topological polar surface area (TPSA) is 80.1 Å². The summed E-state index contributed by atoms with van der Waals surface area (Å²) in [6.45, 7) is 3.84. The van der Waals surface area contributed by atoms with Crippen LogP contribution in [0.4, 0.5) is 0 Å². The molecule has 0 saturated heterocycles. The fourth-order valence-electron chi connectivity index (χ4n) is 2.43. The summed E-state index contributed by atoms with van der Waals surface area (Å²) in [4.78, 5) is 2.26. The van der Waals surface area contributed by atoms with Crippen molar-refractivity contribution >= 4 is 21.4 Å². The minimum Gasteiger partial charge on any atom is -0.315 e. The Hall–Kier alpha value is -1.29. The summed E-state index contributed by atoms with van der Waals surface area (Å²) in [5.74, 6) is 0.688. The molecule has 9 heteroatoms. The molecule has 0 radical (unpaired) electrons. The highest BCUT2D eigenvalue weighted by Crippen LogP contribution is 2.29. The Kier molecular flexibility index (Phi) is 3.82. The highest BCUT2D eigenvalue weighted by molar-refractivity contribution is 7.89. The Labute approximate surface area is 127 Å². The van der Waals surface area contributed by atoms with Crippen molar-refractivity contribution in [1.29, 1.82) is 0 Å². The average Bonchev–Trinajstić information content (AvgIpc) is 3.04. The van der Waals surface area contributed by atoms with Gasteiger partial charge in [0.2, 0.25) is 10.0 Å². The molecule has 3 heterocycles. The van der Waals surface area contributed by atoms with Gasteiger partial charge in [0.25, 0.3) is 0 Å². The van der Waals surface area contributed by atoms with Crippen LogP contribution in [0.15, 0.2) is 17.3 Å². The molecule has 0 atom stereocenters. The molecule has 0 aromatic carbocycles. The van der Waals surface area contributed by atoms with Crippen LogP contribution >= 0.6 is 11.3 Å². The van der Waals surface area contributed by atoms with E-state index in [9.17, 15) is 8.42 Å². The second kappa shape index (κ2) is 5.48. The van der Waals surface area contributed by atoms with E-state index in [0.717, 1.165) is 9.75 Å². The fourth-order valence-corrected chi connectivity index (χ4v) is 5.43. The standard InChI is InChI=1S/C12H17N5O2S2/c1-9-11(5-10(20-9)6-13-2)21(18,19)17-4-3-16-8-14-15-12(16)7-17/h5,8,13H,3-4,6-7H2,1-2H3. The number of rotatable bonds is 4. The molecular weight excluding hydrogens is 310 g/mol. The molecule has 1 aliphatic heterocycles. The predicted molar refractivity (Wildman–Crippen MR) is 79.4 cm³/mol. The van der Waals surface area contributed by atoms with Gasteiger partial charge >= 0.3 is 0 Å². The maximum atomic E-state index is 12.8. The van der Waals surface area contributed by atoms with Crippen molar-refractivity contribution in [2.24, 2.45) is 0 Å². The lowest BCUT2D eigenvalue weighted by molar-refractivity contribution is 0.335. The molecule has 1 N–H and O–H groups in total. The van der Waals surface area contributed by atoms with Crippen LogP contribution in [0, 0.1) is 6.92 Å². The molecule has 7 nitrogen and oxygen atoms in total. The third-order valence-corrected chi connectivity index (χ3v) is 6.65. The van der Waals surface area contributed by atoms with Crippen LogP contribution in [-0.4, -0.2) is 41.1 Å². The Balaban J connectivity index is 1.91. The second-order valence-electron chi connectivity index (χ2n) is 4.94. The Morgan fingerprint density at radius 1 is 1.43 bits per heavy atom. The van der Waals surface area contributed by atoms with Gasteiger partial charge in [0, 0.05) is 29.4 Å². The minimum atomic E-state index is -3.48. The molecule has 0 saturated carbocycles. The third-order valence-electron chi connectivity index (χ3n) is 3.50. The number of sulfonamides is 1. The number of nitrogens with zero attached hydrogens (tertiary/aromatic N) is 4. The SMILES string of the molecule is CNCc1cc(S(=O)(=O)N2CCn3cnnc3C2)c(C)s1. The van der Waals surface area contributed by atoms with E-state index in [0.29, 0.717) is 30.4 Å².